The Morgan fingerprint density at radius 2 is 2.06 bits per heavy atom. The van der Waals surface area contributed by atoms with Crippen LogP contribution in [0.4, 0.5) is 4.79 Å². The Morgan fingerprint density at radius 1 is 1.47 bits per heavy atom. The number of hydrogen-bond donors (Lipinski definition) is 4. The Balaban J connectivity index is 4.06. The second-order valence-corrected chi connectivity index (χ2v) is 3.97. The lowest BCUT2D eigenvalue weighted by Gasteiger charge is -2.20. The number of hydrogen-bond acceptors (Lipinski definition) is 4. The van der Waals surface area contributed by atoms with Gasteiger partial charge in [-0.2, -0.15) is 0 Å². The summed E-state index contributed by atoms with van der Waals surface area (Å²) in [5.74, 6) is -1.39. The van der Waals surface area contributed by atoms with Crippen molar-refractivity contribution in [1.82, 2.24) is 10.6 Å². The molecule has 0 aliphatic heterocycles. The first-order chi connectivity index (χ1) is 7.83. The zero-order valence-electron chi connectivity index (χ0n) is 10.3. The van der Waals surface area contributed by atoms with Crippen LogP contribution in [0.3, 0.4) is 0 Å². The van der Waals surface area contributed by atoms with Gasteiger partial charge in [0.25, 0.3) is 0 Å². The predicted octanol–water partition coefficient (Wildman–Crippen LogP) is -0.454. The van der Waals surface area contributed by atoms with Gasteiger partial charge in [0.2, 0.25) is 0 Å². The number of methoxy groups -OCH3 is 1. The zero-order valence-corrected chi connectivity index (χ0v) is 10.3. The van der Waals surface area contributed by atoms with Crippen molar-refractivity contribution in [2.75, 3.05) is 20.3 Å². The summed E-state index contributed by atoms with van der Waals surface area (Å²) in [5, 5.41) is 22.9. The van der Waals surface area contributed by atoms with E-state index in [0.29, 0.717) is 13.0 Å². The number of nitrogens with one attached hydrogen (secondary N) is 2. The minimum atomic E-state index is -1.97. The highest BCUT2D eigenvalue weighted by atomic mass is 16.5. The number of carbonyl (C=O) groups excluding carboxylic acids is 1. The van der Waals surface area contributed by atoms with Crippen molar-refractivity contribution >= 4 is 12.0 Å². The molecule has 0 bridgehead atoms. The molecule has 0 aliphatic rings. The lowest BCUT2D eigenvalue weighted by Crippen LogP contribution is -2.51. The highest BCUT2D eigenvalue weighted by molar-refractivity contribution is 5.79. The van der Waals surface area contributed by atoms with Crippen LogP contribution in [0.1, 0.15) is 20.3 Å². The van der Waals surface area contributed by atoms with Gasteiger partial charge < -0.3 is 25.6 Å². The van der Waals surface area contributed by atoms with Crippen LogP contribution < -0.4 is 10.6 Å². The number of carboxylic acid groups (broad SMARTS) is 1. The molecule has 0 spiro atoms. The monoisotopic (exact) mass is 248 g/mol. The molecule has 2 amide bonds. The summed E-state index contributed by atoms with van der Waals surface area (Å²) in [6.07, 6.45) is 0.691. The van der Waals surface area contributed by atoms with E-state index in [1.807, 2.05) is 6.92 Å². The second kappa shape index (κ2) is 7.08. The van der Waals surface area contributed by atoms with Crippen LogP contribution in [0.5, 0.6) is 0 Å². The molecule has 100 valence electrons. The molecule has 4 N–H and O–H groups in total. The Bertz CT molecular complexity index is 267. The highest BCUT2D eigenvalue weighted by Gasteiger charge is 2.30. The number of carbonyl (C=O) groups is 2. The van der Waals surface area contributed by atoms with Gasteiger partial charge in [0.15, 0.2) is 5.60 Å². The Labute approximate surface area is 100 Å². The first-order valence-electron chi connectivity index (χ1n) is 5.32. The molecule has 7 nitrogen and oxygen atoms in total. The summed E-state index contributed by atoms with van der Waals surface area (Å²) < 4.78 is 4.89. The van der Waals surface area contributed by atoms with Gasteiger partial charge in [-0.1, -0.05) is 6.92 Å². The van der Waals surface area contributed by atoms with Gasteiger partial charge >= 0.3 is 12.0 Å². The molecule has 17 heavy (non-hydrogen) atoms. The lowest BCUT2D eigenvalue weighted by atomic mass is 10.1. The quantitative estimate of drug-likeness (QED) is 0.488. The molecule has 0 radical (unpaired) electrons. The molecule has 0 aromatic heterocycles. The molecular weight excluding hydrogens is 228 g/mol. The van der Waals surface area contributed by atoms with E-state index in [1.54, 1.807) is 0 Å². The van der Waals surface area contributed by atoms with Crippen LogP contribution in [0.15, 0.2) is 0 Å². The molecule has 0 aromatic rings. The van der Waals surface area contributed by atoms with E-state index >= 15 is 0 Å². The average Bonchev–Trinajstić information content (AvgIpc) is 2.25. The molecule has 0 aromatic carbocycles. The number of rotatable bonds is 7. The van der Waals surface area contributed by atoms with E-state index in [4.69, 9.17) is 9.84 Å². The fourth-order valence-corrected chi connectivity index (χ4v) is 1.03. The predicted molar refractivity (Wildman–Crippen MR) is 60.7 cm³/mol. The molecule has 0 heterocycles. The van der Waals surface area contributed by atoms with Crippen LogP contribution in [0.2, 0.25) is 0 Å². The van der Waals surface area contributed by atoms with E-state index in [-0.39, 0.29) is 12.6 Å². The molecule has 2 unspecified atom stereocenters. The zero-order chi connectivity index (χ0) is 13.5. The van der Waals surface area contributed by atoms with Crippen LogP contribution in [0, 0.1) is 0 Å². The van der Waals surface area contributed by atoms with Crippen LogP contribution in [-0.4, -0.2) is 54.1 Å². The average molecular weight is 248 g/mol. The molecular formula is C10H20N2O5. The van der Waals surface area contributed by atoms with Crippen LogP contribution in [0.25, 0.3) is 0 Å². The Morgan fingerprint density at radius 3 is 2.47 bits per heavy atom. The lowest BCUT2D eigenvalue weighted by molar-refractivity contribution is -0.155. The normalized spacial score (nSPS) is 15.8. The molecule has 7 heteroatoms. The summed E-state index contributed by atoms with van der Waals surface area (Å²) in [6.45, 7) is 3.01. The highest BCUT2D eigenvalue weighted by Crippen LogP contribution is 2.00. The summed E-state index contributed by atoms with van der Waals surface area (Å²) >= 11 is 0. The van der Waals surface area contributed by atoms with Crippen molar-refractivity contribution in [1.29, 1.82) is 0 Å². The standard InChI is InChI=1S/C10H20N2O5/c1-4-7(5-17-3)12-9(15)11-6-10(2,16)8(13)14/h7,16H,4-6H2,1-3H3,(H,13,14)(H2,11,12,15). The van der Waals surface area contributed by atoms with E-state index in [1.165, 1.54) is 7.11 Å². The SMILES string of the molecule is CCC(COC)NC(=O)NCC(C)(O)C(=O)O. The largest absolute Gasteiger partial charge is 0.479 e. The molecule has 0 rings (SSSR count). The number of aliphatic hydroxyl groups is 1. The van der Waals surface area contributed by atoms with Gasteiger partial charge in [-0.3, -0.25) is 0 Å². The number of urea groups is 1. The molecule has 0 saturated heterocycles. The minimum Gasteiger partial charge on any atom is -0.479 e. The number of ether oxygens (including phenoxy) is 1. The first-order valence-corrected chi connectivity index (χ1v) is 5.32. The van der Waals surface area contributed by atoms with E-state index in [9.17, 15) is 14.7 Å². The molecule has 0 saturated carbocycles. The molecule has 2 atom stereocenters. The smallest absolute Gasteiger partial charge is 0.337 e. The van der Waals surface area contributed by atoms with Crippen molar-refractivity contribution in [2.24, 2.45) is 0 Å². The number of amides is 2. The Hall–Kier alpha value is -1.34. The number of aliphatic carboxylic acids is 1. The fourth-order valence-electron chi connectivity index (χ4n) is 1.03. The van der Waals surface area contributed by atoms with Crippen molar-refractivity contribution in [3.8, 4) is 0 Å². The van der Waals surface area contributed by atoms with Crippen molar-refractivity contribution in [3.05, 3.63) is 0 Å². The van der Waals surface area contributed by atoms with Crippen molar-refractivity contribution in [2.45, 2.75) is 31.9 Å². The third-order valence-electron chi connectivity index (χ3n) is 2.25. The van der Waals surface area contributed by atoms with Gasteiger partial charge in [-0.05, 0) is 13.3 Å². The van der Waals surface area contributed by atoms with Gasteiger partial charge in [0, 0.05) is 7.11 Å². The van der Waals surface area contributed by atoms with Crippen molar-refractivity contribution < 1.29 is 24.5 Å². The van der Waals surface area contributed by atoms with Crippen LogP contribution in [-0.2, 0) is 9.53 Å². The second-order valence-electron chi connectivity index (χ2n) is 3.97. The summed E-state index contributed by atoms with van der Waals surface area (Å²) in [7, 11) is 1.53. The maximum absolute atomic E-state index is 11.4. The topological polar surface area (TPSA) is 108 Å². The Kier molecular flexibility index (Phi) is 6.52. The minimum absolute atomic E-state index is 0.144. The van der Waals surface area contributed by atoms with Gasteiger partial charge in [-0.25, -0.2) is 9.59 Å². The number of carboxylic acids is 1. The maximum Gasteiger partial charge on any atom is 0.337 e. The van der Waals surface area contributed by atoms with Gasteiger partial charge in [0.1, 0.15) is 0 Å². The van der Waals surface area contributed by atoms with E-state index < -0.39 is 17.6 Å². The van der Waals surface area contributed by atoms with Crippen LogP contribution >= 0.6 is 0 Å². The summed E-state index contributed by atoms with van der Waals surface area (Å²) in [4.78, 5) is 21.9. The van der Waals surface area contributed by atoms with Gasteiger partial charge in [0.05, 0.1) is 19.2 Å². The maximum atomic E-state index is 11.4. The van der Waals surface area contributed by atoms with E-state index in [2.05, 4.69) is 10.6 Å². The molecule has 0 aliphatic carbocycles. The summed E-state index contributed by atoms with van der Waals surface area (Å²) in [6, 6.07) is -0.676. The van der Waals surface area contributed by atoms with E-state index in [0.717, 1.165) is 6.92 Å². The van der Waals surface area contributed by atoms with Crippen molar-refractivity contribution in [3.63, 3.8) is 0 Å². The third-order valence-corrected chi connectivity index (χ3v) is 2.25. The van der Waals surface area contributed by atoms with Gasteiger partial charge in [-0.15, -0.1) is 0 Å². The summed E-state index contributed by atoms with van der Waals surface area (Å²) in [5.41, 5.74) is -1.97. The first kappa shape index (κ1) is 15.7. The fraction of sp³-hybridized carbons (Fsp3) is 0.800. The third kappa shape index (κ3) is 6.08. The molecule has 0 fully saturated rings.